The van der Waals surface area contributed by atoms with Gasteiger partial charge in [-0.3, -0.25) is 4.79 Å². The molecule has 0 aliphatic rings. The standard InChI is InChI=1S/C12H9ClO2S/c13-9-3-1-8(2-4-9)11-6-5-10(16-11)7-12(14)15/h1-6H,7H2,(H,14,15). The van der Waals surface area contributed by atoms with Crippen molar-refractivity contribution in [1.82, 2.24) is 0 Å². The van der Waals surface area contributed by atoms with Crippen molar-refractivity contribution in [3.05, 3.63) is 46.3 Å². The van der Waals surface area contributed by atoms with Crippen molar-refractivity contribution in [3.63, 3.8) is 0 Å². The van der Waals surface area contributed by atoms with Gasteiger partial charge in [-0.15, -0.1) is 11.3 Å². The first-order valence-electron chi connectivity index (χ1n) is 4.71. The second-order valence-electron chi connectivity index (χ2n) is 3.34. The van der Waals surface area contributed by atoms with Gasteiger partial charge in [-0.2, -0.15) is 0 Å². The van der Waals surface area contributed by atoms with Crippen molar-refractivity contribution in [2.24, 2.45) is 0 Å². The Hall–Kier alpha value is -1.32. The average Bonchev–Trinajstić information content (AvgIpc) is 2.66. The number of carboxylic acids is 1. The number of benzene rings is 1. The summed E-state index contributed by atoms with van der Waals surface area (Å²) in [5.74, 6) is -0.801. The molecule has 0 unspecified atom stereocenters. The molecule has 0 radical (unpaired) electrons. The molecule has 0 bridgehead atoms. The Labute approximate surface area is 102 Å². The van der Waals surface area contributed by atoms with E-state index in [2.05, 4.69) is 0 Å². The molecule has 0 atom stereocenters. The van der Waals surface area contributed by atoms with Gasteiger partial charge >= 0.3 is 5.97 Å². The lowest BCUT2D eigenvalue weighted by molar-refractivity contribution is -0.136. The smallest absolute Gasteiger partial charge is 0.308 e. The van der Waals surface area contributed by atoms with E-state index < -0.39 is 5.97 Å². The maximum absolute atomic E-state index is 10.5. The van der Waals surface area contributed by atoms with E-state index in [4.69, 9.17) is 16.7 Å². The summed E-state index contributed by atoms with van der Waals surface area (Å²) in [6.45, 7) is 0. The molecule has 0 aliphatic carbocycles. The van der Waals surface area contributed by atoms with Crippen LogP contribution in [0.15, 0.2) is 36.4 Å². The highest BCUT2D eigenvalue weighted by Crippen LogP contribution is 2.29. The number of hydrogen-bond acceptors (Lipinski definition) is 2. The topological polar surface area (TPSA) is 37.3 Å². The first-order chi connectivity index (χ1) is 7.65. The summed E-state index contributed by atoms with van der Waals surface area (Å²) >= 11 is 7.30. The second kappa shape index (κ2) is 4.68. The Bertz CT molecular complexity index is 502. The molecule has 4 heteroatoms. The number of halogens is 1. The molecule has 0 saturated heterocycles. The van der Waals surface area contributed by atoms with Gasteiger partial charge in [0.25, 0.3) is 0 Å². The Balaban J connectivity index is 2.24. The molecule has 0 spiro atoms. The number of rotatable bonds is 3. The largest absolute Gasteiger partial charge is 0.481 e. The molecule has 0 amide bonds. The summed E-state index contributed by atoms with van der Waals surface area (Å²) < 4.78 is 0. The van der Waals surface area contributed by atoms with Gasteiger partial charge in [0.05, 0.1) is 6.42 Å². The molecule has 1 aromatic carbocycles. The van der Waals surface area contributed by atoms with Gasteiger partial charge in [0.1, 0.15) is 0 Å². The predicted molar refractivity (Wildman–Crippen MR) is 66.1 cm³/mol. The fourth-order valence-electron chi connectivity index (χ4n) is 1.39. The molecule has 1 heterocycles. The lowest BCUT2D eigenvalue weighted by Crippen LogP contribution is -1.96. The van der Waals surface area contributed by atoms with Crippen molar-refractivity contribution in [2.75, 3.05) is 0 Å². The summed E-state index contributed by atoms with van der Waals surface area (Å²) in [6, 6.07) is 11.3. The molecule has 0 saturated carbocycles. The van der Waals surface area contributed by atoms with Gasteiger partial charge in [-0.1, -0.05) is 23.7 Å². The normalized spacial score (nSPS) is 10.3. The van der Waals surface area contributed by atoms with Gasteiger partial charge in [0, 0.05) is 14.8 Å². The molecule has 82 valence electrons. The summed E-state index contributed by atoms with van der Waals surface area (Å²) in [4.78, 5) is 12.5. The van der Waals surface area contributed by atoms with E-state index in [1.807, 2.05) is 36.4 Å². The third-order valence-corrected chi connectivity index (χ3v) is 3.50. The van der Waals surface area contributed by atoms with Crippen molar-refractivity contribution in [3.8, 4) is 10.4 Å². The van der Waals surface area contributed by atoms with E-state index in [1.165, 1.54) is 11.3 Å². The SMILES string of the molecule is O=C(O)Cc1ccc(-c2ccc(Cl)cc2)s1. The number of aliphatic carboxylic acids is 1. The van der Waals surface area contributed by atoms with Crippen LogP contribution in [0.3, 0.4) is 0 Å². The van der Waals surface area contributed by atoms with Gasteiger partial charge < -0.3 is 5.11 Å². The molecule has 1 N–H and O–H groups in total. The Kier molecular flexibility index (Phi) is 3.27. The van der Waals surface area contributed by atoms with E-state index in [0.717, 1.165) is 15.3 Å². The third-order valence-electron chi connectivity index (χ3n) is 2.12. The molecular formula is C12H9ClO2S. The number of thiophene rings is 1. The molecule has 2 aromatic rings. The van der Waals surface area contributed by atoms with Crippen LogP contribution in [0.2, 0.25) is 5.02 Å². The van der Waals surface area contributed by atoms with Crippen LogP contribution in [0, 0.1) is 0 Å². The molecule has 0 fully saturated rings. The highest BCUT2D eigenvalue weighted by Gasteiger charge is 2.05. The van der Waals surface area contributed by atoms with Crippen LogP contribution in [0.5, 0.6) is 0 Å². The maximum Gasteiger partial charge on any atom is 0.308 e. The number of carboxylic acid groups (broad SMARTS) is 1. The average molecular weight is 253 g/mol. The number of carbonyl (C=O) groups is 1. The zero-order chi connectivity index (χ0) is 11.5. The fraction of sp³-hybridized carbons (Fsp3) is 0.0833. The first-order valence-corrected chi connectivity index (χ1v) is 5.91. The van der Waals surface area contributed by atoms with Crippen LogP contribution in [0.25, 0.3) is 10.4 Å². The number of hydrogen-bond donors (Lipinski definition) is 1. The van der Waals surface area contributed by atoms with Crippen molar-refractivity contribution in [2.45, 2.75) is 6.42 Å². The van der Waals surface area contributed by atoms with Crippen LogP contribution >= 0.6 is 22.9 Å². The molecule has 2 nitrogen and oxygen atoms in total. The Morgan fingerprint density at radius 1 is 1.19 bits per heavy atom. The lowest BCUT2D eigenvalue weighted by Gasteiger charge is -1.96. The quantitative estimate of drug-likeness (QED) is 0.905. The van der Waals surface area contributed by atoms with Crippen LogP contribution < -0.4 is 0 Å². The van der Waals surface area contributed by atoms with Gasteiger partial charge in [-0.05, 0) is 29.8 Å². The molecule has 16 heavy (non-hydrogen) atoms. The van der Waals surface area contributed by atoms with E-state index in [9.17, 15) is 4.79 Å². The van der Waals surface area contributed by atoms with E-state index in [0.29, 0.717) is 5.02 Å². The van der Waals surface area contributed by atoms with E-state index in [1.54, 1.807) is 0 Å². The molecule has 1 aromatic heterocycles. The minimum atomic E-state index is -0.801. The zero-order valence-electron chi connectivity index (χ0n) is 8.31. The van der Waals surface area contributed by atoms with Crippen LogP contribution in [-0.2, 0) is 11.2 Å². The van der Waals surface area contributed by atoms with Crippen LogP contribution in [0.1, 0.15) is 4.88 Å². The molecule has 0 aliphatic heterocycles. The highest BCUT2D eigenvalue weighted by molar-refractivity contribution is 7.15. The minimum Gasteiger partial charge on any atom is -0.481 e. The maximum atomic E-state index is 10.5. The van der Waals surface area contributed by atoms with Crippen molar-refractivity contribution in [1.29, 1.82) is 0 Å². The fourth-order valence-corrected chi connectivity index (χ4v) is 2.52. The monoisotopic (exact) mass is 252 g/mol. The van der Waals surface area contributed by atoms with Gasteiger partial charge in [0.15, 0.2) is 0 Å². The van der Waals surface area contributed by atoms with E-state index >= 15 is 0 Å². The third kappa shape index (κ3) is 2.62. The Morgan fingerprint density at radius 3 is 2.50 bits per heavy atom. The molecular weight excluding hydrogens is 244 g/mol. The Morgan fingerprint density at radius 2 is 1.88 bits per heavy atom. The summed E-state index contributed by atoms with van der Waals surface area (Å²) in [6.07, 6.45) is 0.0816. The predicted octanol–water partition coefficient (Wildman–Crippen LogP) is 3.70. The van der Waals surface area contributed by atoms with Crippen molar-refractivity contribution >= 4 is 28.9 Å². The summed E-state index contributed by atoms with van der Waals surface area (Å²) in [7, 11) is 0. The van der Waals surface area contributed by atoms with Crippen LogP contribution in [0.4, 0.5) is 0 Å². The zero-order valence-corrected chi connectivity index (χ0v) is 9.89. The second-order valence-corrected chi connectivity index (χ2v) is 4.95. The van der Waals surface area contributed by atoms with Gasteiger partial charge in [-0.25, -0.2) is 0 Å². The summed E-state index contributed by atoms with van der Waals surface area (Å²) in [5, 5.41) is 9.37. The summed E-state index contributed by atoms with van der Waals surface area (Å²) in [5.41, 5.74) is 1.06. The molecule has 2 rings (SSSR count). The lowest BCUT2D eigenvalue weighted by atomic mass is 10.2. The first kappa shape index (κ1) is 11.2. The minimum absolute atomic E-state index is 0.0816. The van der Waals surface area contributed by atoms with Crippen LogP contribution in [-0.4, -0.2) is 11.1 Å². The van der Waals surface area contributed by atoms with Crippen molar-refractivity contribution < 1.29 is 9.90 Å². The van der Waals surface area contributed by atoms with Gasteiger partial charge in [0.2, 0.25) is 0 Å². The van der Waals surface area contributed by atoms with E-state index in [-0.39, 0.29) is 6.42 Å². The highest BCUT2D eigenvalue weighted by atomic mass is 35.5.